The molecule has 4 rings (SSSR count). The van der Waals surface area contributed by atoms with Gasteiger partial charge in [0.1, 0.15) is 11.5 Å². The highest BCUT2D eigenvalue weighted by atomic mass is 16.2. The summed E-state index contributed by atoms with van der Waals surface area (Å²) in [5, 5.41) is 15.5. The maximum atomic E-state index is 13.5. The standard InChI is InChI=1S/C23H30N8O2/c1-13-5-7-15(8-6-13)20(17-11-18(22(24)32)30(3)28-17)23(33)26-19-10-9-16(12-25-19)21-14(2)27-29-31(21)4/h9-13,15,20H,5-8H2,1-4H3,(H2,24,32)(H,25,26,33). The maximum Gasteiger partial charge on any atom is 0.266 e. The van der Waals surface area contributed by atoms with Crippen molar-refractivity contribution < 1.29 is 9.59 Å². The highest BCUT2D eigenvalue weighted by Gasteiger charge is 2.35. The first kappa shape index (κ1) is 22.6. The van der Waals surface area contributed by atoms with E-state index >= 15 is 0 Å². The maximum absolute atomic E-state index is 13.5. The third-order valence-corrected chi connectivity index (χ3v) is 6.57. The Bertz CT molecular complexity index is 1140. The minimum atomic E-state index is -0.565. The number of hydrogen-bond donors (Lipinski definition) is 2. The van der Waals surface area contributed by atoms with Crippen LogP contribution in [0.5, 0.6) is 0 Å². The van der Waals surface area contributed by atoms with E-state index in [4.69, 9.17) is 5.73 Å². The number of amides is 2. The Morgan fingerprint density at radius 1 is 1.15 bits per heavy atom. The van der Waals surface area contributed by atoms with E-state index in [1.807, 2.05) is 20.0 Å². The number of hydrogen-bond acceptors (Lipinski definition) is 6. The zero-order chi connectivity index (χ0) is 23.7. The van der Waals surface area contributed by atoms with Gasteiger partial charge >= 0.3 is 0 Å². The minimum Gasteiger partial charge on any atom is -0.364 e. The summed E-state index contributed by atoms with van der Waals surface area (Å²) >= 11 is 0. The Hall–Kier alpha value is -3.56. The highest BCUT2D eigenvalue weighted by Crippen LogP contribution is 2.38. The molecule has 1 aliphatic carbocycles. The van der Waals surface area contributed by atoms with Crippen LogP contribution in [0.2, 0.25) is 0 Å². The van der Waals surface area contributed by atoms with Crippen LogP contribution in [0.4, 0.5) is 5.82 Å². The molecule has 10 heteroatoms. The second-order valence-electron chi connectivity index (χ2n) is 9.01. The van der Waals surface area contributed by atoms with Gasteiger partial charge in [0.2, 0.25) is 5.91 Å². The number of aryl methyl sites for hydroxylation is 3. The molecule has 3 N–H and O–H groups in total. The number of nitrogens with zero attached hydrogens (tertiary/aromatic N) is 6. The summed E-state index contributed by atoms with van der Waals surface area (Å²) in [7, 11) is 3.49. The van der Waals surface area contributed by atoms with E-state index < -0.39 is 11.8 Å². The second-order valence-corrected chi connectivity index (χ2v) is 9.01. The molecule has 0 aromatic carbocycles. The molecular weight excluding hydrogens is 420 g/mol. The first-order valence-electron chi connectivity index (χ1n) is 11.2. The third-order valence-electron chi connectivity index (χ3n) is 6.57. The van der Waals surface area contributed by atoms with Crippen molar-refractivity contribution in [1.82, 2.24) is 29.8 Å². The molecule has 0 spiro atoms. The van der Waals surface area contributed by atoms with Gasteiger partial charge in [-0.25, -0.2) is 9.67 Å². The van der Waals surface area contributed by atoms with Crippen molar-refractivity contribution >= 4 is 17.6 Å². The van der Waals surface area contributed by atoms with E-state index in [1.54, 1.807) is 30.1 Å². The van der Waals surface area contributed by atoms with Gasteiger partial charge in [0.15, 0.2) is 0 Å². The van der Waals surface area contributed by atoms with Crippen LogP contribution in [0.25, 0.3) is 11.3 Å². The van der Waals surface area contributed by atoms with Gasteiger partial charge in [-0.3, -0.25) is 14.3 Å². The molecule has 1 fully saturated rings. The number of carbonyl (C=O) groups excluding carboxylic acids is 2. The van der Waals surface area contributed by atoms with Crippen LogP contribution >= 0.6 is 0 Å². The lowest BCUT2D eigenvalue weighted by Crippen LogP contribution is -2.30. The van der Waals surface area contributed by atoms with Crippen molar-refractivity contribution in [3.63, 3.8) is 0 Å². The van der Waals surface area contributed by atoms with Crippen LogP contribution in [-0.2, 0) is 18.9 Å². The summed E-state index contributed by atoms with van der Waals surface area (Å²) in [6.45, 7) is 4.13. The Morgan fingerprint density at radius 2 is 1.88 bits per heavy atom. The summed E-state index contributed by atoms with van der Waals surface area (Å²) in [4.78, 5) is 29.7. The van der Waals surface area contributed by atoms with Gasteiger partial charge < -0.3 is 11.1 Å². The predicted molar refractivity (Wildman–Crippen MR) is 123 cm³/mol. The molecule has 3 heterocycles. The normalized spacial score (nSPS) is 19.3. The van der Waals surface area contributed by atoms with Gasteiger partial charge in [-0.15, -0.1) is 5.10 Å². The van der Waals surface area contributed by atoms with Crippen molar-refractivity contribution in [2.24, 2.45) is 31.7 Å². The zero-order valence-corrected chi connectivity index (χ0v) is 19.4. The molecule has 1 unspecified atom stereocenters. The summed E-state index contributed by atoms with van der Waals surface area (Å²) in [6, 6.07) is 5.30. The summed E-state index contributed by atoms with van der Waals surface area (Å²) in [5.41, 5.74) is 8.88. The smallest absolute Gasteiger partial charge is 0.266 e. The summed E-state index contributed by atoms with van der Waals surface area (Å²) in [5.74, 6) is 0.0130. The first-order chi connectivity index (χ1) is 15.7. The predicted octanol–water partition coefficient (Wildman–Crippen LogP) is 2.57. The van der Waals surface area contributed by atoms with Gasteiger partial charge in [-0.1, -0.05) is 25.0 Å². The molecule has 0 aliphatic heterocycles. The number of rotatable bonds is 6. The van der Waals surface area contributed by atoms with Crippen LogP contribution in [0.3, 0.4) is 0 Å². The Balaban J connectivity index is 1.59. The molecule has 174 valence electrons. The summed E-state index contributed by atoms with van der Waals surface area (Å²) < 4.78 is 3.14. The zero-order valence-electron chi connectivity index (χ0n) is 19.4. The number of carbonyl (C=O) groups is 2. The molecule has 3 aromatic heterocycles. The van der Waals surface area contributed by atoms with Crippen LogP contribution < -0.4 is 11.1 Å². The second kappa shape index (κ2) is 9.13. The van der Waals surface area contributed by atoms with Crippen LogP contribution in [0.15, 0.2) is 24.4 Å². The van der Waals surface area contributed by atoms with Crippen LogP contribution in [0, 0.1) is 18.8 Å². The Labute approximate surface area is 192 Å². The average Bonchev–Trinajstić information content (AvgIpc) is 3.32. The number of aromatic nitrogens is 6. The fourth-order valence-corrected chi connectivity index (χ4v) is 4.75. The lowest BCUT2D eigenvalue weighted by molar-refractivity contribution is -0.119. The van der Waals surface area contributed by atoms with Crippen molar-refractivity contribution in [2.45, 2.75) is 45.4 Å². The van der Waals surface area contributed by atoms with E-state index in [0.29, 0.717) is 17.4 Å². The topological polar surface area (TPSA) is 134 Å². The number of pyridine rings is 1. The lowest BCUT2D eigenvalue weighted by atomic mass is 9.75. The molecule has 0 saturated heterocycles. The van der Waals surface area contributed by atoms with Gasteiger partial charge in [0, 0.05) is 25.9 Å². The van der Waals surface area contributed by atoms with Crippen LogP contribution in [0.1, 0.15) is 60.4 Å². The van der Waals surface area contributed by atoms with E-state index in [9.17, 15) is 9.59 Å². The largest absolute Gasteiger partial charge is 0.364 e. The third kappa shape index (κ3) is 4.64. The van der Waals surface area contributed by atoms with Gasteiger partial charge in [-0.2, -0.15) is 5.10 Å². The number of nitrogens with one attached hydrogen (secondary N) is 1. The molecular formula is C23H30N8O2. The van der Waals surface area contributed by atoms with Crippen molar-refractivity contribution in [2.75, 3.05) is 5.32 Å². The molecule has 0 bridgehead atoms. The molecule has 10 nitrogen and oxygen atoms in total. The van der Waals surface area contributed by atoms with Crippen LogP contribution in [-0.4, -0.2) is 41.6 Å². The van der Waals surface area contributed by atoms with E-state index in [2.05, 4.69) is 32.6 Å². The van der Waals surface area contributed by atoms with Crippen molar-refractivity contribution in [3.8, 4) is 11.3 Å². The molecule has 3 aromatic rings. The molecule has 2 amide bonds. The number of nitrogens with two attached hydrogens (primary N) is 1. The average molecular weight is 451 g/mol. The number of anilines is 1. The van der Waals surface area contributed by atoms with E-state index in [-0.39, 0.29) is 17.5 Å². The summed E-state index contributed by atoms with van der Waals surface area (Å²) in [6.07, 6.45) is 5.69. The Kier molecular flexibility index (Phi) is 6.26. The fraction of sp³-hybridized carbons (Fsp3) is 0.478. The van der Waals surface area contributed by atoms with Gasteiger partial charge in [0.25, 0.3) is 5.91 Å². The van der Waals surface area contributed by atoms with E-state index in [1.165, 1.54) is 4.68 Å². The van der Waals surface area contributed by atoms with E-state index in [0.717, 1.165) is 42.6 Å². The monoisotopic (exact) mass is 450 g/mol. The number of primary amides is 1. The van der Waals surface area contributed by atoms with Crippen molar-refractivity contribution in [1.29, 1.82) is 0 Å². The highest BCUT2D eigenvalue weighted by molar-refractivity contribution is 5.96. The van der Waals surface area contributed by atoms with Crippen molar-refractivity contribution in [3.05, 3.63) is 41.5 Å². The molecule has 33 heavy (non-hydrogen) atoms. The first-order valence-corrected chi connectivity index (χ1v) is 11.2. The molecule has 1 saturated carbocycles. The molecule has 0 radical (unpaired) electrons. The lowest BCUT2D eigenvalue weighted by Gasteiger charge is -2.31. The molecule has 1 aliphatic rings. The quantitative estimate of drug-likeness (QED) is 0.593. The SMILES string of the molecule is Cc1nnn(C)c1-c1ccc(NC(=O)C(c2cc(C(N)=O)n(C)n2)C2CCC(C)CC2)nc1. The fourth-order valence-electron chi connectivity index (χ4n) is 4.75. The molecule has 1 atom stereocenters. The minimum absolute atomic E-state index is 0.138. The van der Waals surface area contributed by atoms with Gasteiger partial charge in [-0.05, 0) is 49.8 Å². The van der Waals surface area contributed by atoms with Gasteiger partial charge in [0.05, 0.1) is 23.0 Å². The Morgan fingerprint density at radius 3 is 2.42 bits per heavy atom.